The van der Waals surface area contributed by atoms with Crippen LogP contribution in [-0.2, 0) is 0 Å². The van der Waals surface area contributed by atoms with Crippen molar-refractivity contribution in [2.45, 2.75) is 45.6 Å². The molecule has 5 nitrogen and oxygen atoms in total. The van der Waals surface area contributed by atoms with Crippen molar-refractivity contribution in [2.75, 3.05) is 19.6 Å². The van der Waals surface area contributed by atoms with Gasteiger partial charge in [0.25, 0.3) is 5.91 Å². The van der Waals surface area contributed by atoms with Crippen LogP contribution in [0.2, 0.25) is 0 Å². The predicted molar refractivity (Wildman–Crippen MR) is 96.0 cm³/mol. The molecule has 24 heavy (non-hydrogen) atoms. The molecule has 2 N–H and O–H groups in total. The lowest BCUT2D eigenvalue weighted by atomic mass is 10.0. The first-order valence-electron chi connectivity index (χ1n) is 8.95. The first kappa shape index (κ1) is 18.3. The monoisotopic (exact) mass is 331 g/mol. The predicted octanol–water partition coefficient (Wildman–Crippen LogP) is 3.03. The van der Waals surface area contributed by atoms with Gasteiger partial charge in [-0.05, 0) is 43.7 Å². The molecule has 0 aromatic heterocycles. The molecule has 1 aromatic carbocycles. The topological polar surface area (TPSA) is 61.4 Å². The molecule has 0 atom stereocenters. The Morgan fingerprint density at radius 3 is 2.46 bits per heavy atom. The third kappa shape index (κ3) is 5.87. The summed E-state index contributed by atoms with van der Waals surface area (Å²) in [5.41, 5.74) is 0.683. The van der Waals surface area contributed by atoms with Crippen LogP contribution in [0.15, 0.2) is 30.3 Å². The van der Waals surface area contributed by atoms with E-state index in [1.807, 2.05) is 35.2 Å². The number of hydrogen-bond donors (Lipinski definition) is 2. The highest BCUT2D eigenvalue weighted by Crippen LogP contribution is 2.12. The number of hydrogen-bond acceptors (Lipinski definition) is 2. The van der Waals surface area contributed by atoms with E-state index in [1.54, 1.807) is 0 Å². The second-order valence-electron chi connectivity index (χ2n) is 6.87. The molecule has 0 radical (unpaired) electrons. The third-order valence-corrected chi connectivity index (χ3v) is 4.39. The molecule has 3 amide bonds. The Bertz CT molecular complexity index is 523. The zero-order valence-corrected chi connectivity index (χ0v) is 14.8. The van der Waals surface area contributed by atoms with Gasteiger partial charge >= 0.3 is 6.03 Å². The average Bonchev–Trinajstić information content (AvgIpc) is 2.59. The lowest BCUT2D eigenvalue weighted by Gasteiger charge is -2.32. The molecule has 132 valence electrons. The Balaban J connectivity index is 1.67. The van der Waals surface area contributed by atoms with Crippen LogP contribution in [0.3, 0.4) is 0 Å². The Morgan fingerprint density at radius 1 is 1.17 bits per heavy atom. The second-order valence-corrected chi connectivity index (χ2v) is 6.87. The summed E-state index contributed by atoms with van der Waals surface area (Å²) in [5, 5.41) is 6.05. The quantitative estimate of drug-likeness (QED) is 0.787. The van der Waals surface area contributed by atoms with E-state index < -0.39 is 0 Å². The van der Waals surface area contributed by atoms with Gasteiger partial charge in [0.1, 0.15) is 0 Å². The minimum Gasteiger partial charge on any atom is -0.349 e. The SMILES string of the molecule is CC(C)CCCNC(=O)N1CCC(NC(=O)c2ccccc2)CC1. The normalized spacial score (nSPS) is 15.4. The van der Waals surface area contributed by atoms with Gasteiger partial charge in [0, 0.05) is 31.2 Å². The number of piperidine rings is 1. The highest BCUT2D eigenvalue weighted by Gasteiger charge is 2.23. The van der Waals surface area contributed by atoms with E-state index in [1.165, 1.54) is 0 Å². The van der Waals surface area contributed by atoms with Gasteiger partial charge in [-0.25, -0.2) is 4.79 Å². The summed E-state index contributed by atoms with van der Waals surface area (Å²) in [4.78, 5) is 26.1. The van der Waals surface area contributed by atoms with Gasteiger partial charge < -0.3 is 15.5 Å². The van der Waals surface area contributed by atoms with E-state index in [0.717, 1.165) is 32.2 Å². The third-order valence-electron chi connectivity index (χ3n) is 4.39. The zero-order chi connectivity index (χ0) is 17.4. The maximum Gasteiger partial charge on any atom is 0.317 e. The Morgan fingerprint density at radius 2 is 1.83 bits per heavy atom. The Kier molecular flexibility index (Phi) is 7.09. The van der Waals surface area contributed by atoms with E-state index in [-0.39, 0.29) is 18.0 Å². The van der Waals surface area contributed by atoms with Crippen molar-refractivity contribution in [3.05, 3.63) is 35.9 Å². The number of carbonyl (C=O) groups is 2. The number of carbonyl (C=O) groups excluding carboxylic acids is 2. The molecule has 1 fully saturated rings. The van der Waals surface area contributed by atoms with Crippen molar-refractivity contribution >= 4 is 11.9 Å². The maximum absolute atomic E-state index is 12.2. The van der Waals surface area contributed by atoms with Crippen molar-refractivity contribution in [3.63, 3.8) is 0 Å². The summed E-state index contributed by atoms with van der Waals surface area (Å²) in [6.45, 7) is 6.50. The van der Waals surface area contributed by atoms with Crippen LogP contribution >= 0.6 is 0 Å². The Hall–Kier alpha value is -2.04. The lowest BCUT2D eigenvalue weighted by Crippen LogP contribution is -2.49. The largest absolute Gasteiger partial charge is 0.349 e. The van der Waals surface area contributed by atoms with E-state index in [4.69, 9.17) is 0 Å². The first-order chi connectivity index (χ1) is 11.6. The first-order valence-corrected chi connectivity index (χ1v) is 8.95. The van der Waals surface area contributed by atoms with E-state index in [0.29, 0.717) is 24.6 Å². The minimum absolute atomic E-state index is 0.0200. The summed E-state index contributed by atoms with van der Waals surface area (Å²) in [6.07, 6.45) is 3.76. The average molecular weight is 331 g/mol. The van der Waals surface area contributed by atoms with Crippen molar-refractivity contribution in [1.29, 1.82) is 0 Å². The molecule has 1 saturated heterocycles. The van der Waals surface area contributed by atoms with Crippen LogP contribution in [0.25, 0.3) is 0 Å². The van der Waals surface area contributed by atoms with E-state index in [2.05, 4.69) is 24.5 Å². The molecule has 0 unspecified atom stereocenters. The second kappa shape index (κ2) is 9.30. The summed E-state index contributed by atoms with van der Waals surface area (Å²) >= 11 is 0. The van der Waals surface area contributed by atoms with Crippen LogP contribution in [0.5, 0.6) is 0 Å². The van der Waals surface area contributed by atoms with E-state index in [9.17, 15) is 9.59 Å². The van der Waals surface area contributed by atoms with Crippen LogP contribution < -0.4 is 10.6 Å². The Labute approximate surface area is 144 Å². The number of benzene rings is 1. The zero-order valence-electron chi connectivity index (χ0n) is 14.8. The molecule has 1 aliphatic rings. The number of urea groups is 1. The highest BCUT2D eigenvalue weighted by molar-refractivity contribution is 5.94. The summed E-state index contributed by atoms with van der Waals surface area (Å²) < 4.78 is 0. The molecule has 1 heterocycles. The van der Waals surface area contributed by atoms with Crippen LogP contribution in [0.1, 0.15) is 49.9 Å². The molecule has 5 heteroatoms. The van der Waals surface area contributed by atoms with E-state index >= 15 is 0 Å². The van der Waals surface area contributed by atoms with Crippen LogP contribution in [0, 0.1) is 5.92 Å². The van der Waals surface area contributed by atoms with Gasteiger partial charge in [-0.1, -0.05) is 32.0 Å². The number of rotatable bonds is 6. The molecule has 0 spiro atoms. The van der Waals surface area contributed by atoms with Gasteiger partial charge in [-0.2, -0.15) is 0 Å². The van der Waals surface area contributed by atoms with Crippen LogP contribution in [-0.4, -0.2) is 42.5 Å². The van der Waals surface area contributed by atoms with Gasteiger partial charge in [0.05, 0.1) is 0 Å². The molecule has 1 aliphatic heterocycles. The molecule has 0 aliphatic carbocycles. The maximum atomic E-state index is 12.2. The standard InChI is InChI=1S/C19H29N3O2/c1-15(2)7-6-12-20-19(24)22-13-10-17(11-14-22)21-18(23)16-8-4-3-5-9-16/h3-5,8-9,15,17H,6-7,10-14H2,1-2H3,(H,20,24)(H,21,23). The fraction of sp³-hybridized carbons (Fsp3) is 0.579. The fourth-order valence-electron chi connectivity index (χ4n) is 2.90. The number of likely N-dealkylation sites (tertiary alicyclic amines) is 1. The van der Waals surface area contributed by atoms with Crippen molar-refractivity contribution in [1.82, 2.24) is 15.5 Å². The lowest BCUT2D eigenvalue weighted by molar-refractivity contribution is 0.0918. The van der Waals surface area contributed by atoms with Gasteiger partial charge in [0.15, 0.2) is 0 Å². The van der Waals surface area contributed by atoms with Crippen molar-refractivity contribution < 1.29 is 9.59 Å². The summed E-state index contributed by atoms with van der Waals surface area (Å²) in [7, 11) is 0. The molecule has 0 saturated carbocycles. The van der Waals surface area contributed by atoms with Gasteiger partial charge in [-0.3, -0.25) is 4.79 Å². The highest BCUT2D eigenvalue weighted by atomic mass is 16.2. The number of nitrogens with one attached hydrogen (secondary N) is 2. The molecular formula is C19H29N3O2. The van der Waals surface area contributed by atoms with Crippen molar-refractivity contribution in [2.24, 2.45) is 5.92 Å². The van der Waals surface area contributed by atoms with Gasteiger partial charge in [-0.15, -0.1) is 0 Å². The smallest absolute Gasteiger partial charge is 0.317 e. The molecule has 0 bridgehead atoms. The summed E-state index contributed by atoms with van der Waals surface area (Å²) in [6, 6.07) is 9.41. The fourth-order valence-corrected chi connectivity index (χ4v) is 2.90. The number of nitrogens with zero attached hydrogens (tertiary/aromatic N) is 1. The molecule has 2 rings (SSSR count). The van der Waals surface area contributed by atoms with Crippen molar-refractivity contribution in [3.8, 4) is 0 Å². The minimum atomic E-state index is -0.0350. The van der Waals surface area contributed by atoms with Gasteiger partial charge in [0.2, 0.25) is 0 Å². The van der Waals surface area contributed by atoms with Crippen LogP contribution in [0.4, 0.5) is 4.79 Å². The molecular weight excluding hydrogens is 302 g/mol. The molecule has 1 aromatic rings. The summed E-state index contributed by atoms with van der Waals surface area (Å²) in [5.74, 6) is 0.637. The number of amides is 3.